The van der Waals surface area contributed by atoms with Crippen molar-refractivity contribution in [3.8, 4) is 5.75 Å². The first-order valence-corrected chi connectivity index (χ1v) is 9.70. The molecule has 1 saturated heterocycles. The van der Waals surface area contributed by atoms with Crippen molar-refractivity contribution in [2.45, 2.75) is 30.3 Å². The van der Waals surface area contributed by atoms with Gasteiger partial charge in [-0.3, -0.25) is 4.79 Å². The van der Waals surface area contributed by atoms with Crippen molar-refractivity contribution in [3.05, 3.63) is 54.3 Å². The van der Waals surface area contributed by atoms with Crippen molar-refractivity contribution in [1.82, 2.24) is 0 Å². The minimum Gasteiger partial charge on any atom is -0.491 e. The molecule has 0 bridgehead atoms. The highest BCUT2D eigenvalue weighted by Gasteiger charge is 2.16. The molecular formula is C20H22FNO3S. The van der Waals surface area contributed by atoms with Crippen molar-refractivity contribution in [3.63, 3.8) is 0 Å². The second-order valence-electron chi connectivity index (χ2n) is 6.07. The molecule has 6 heteroatoms. The first-order chi connectivity index (χ1) is 12.7. The number of halogens is 1. The van der Waals surface area contributed by atoms with E-state index in [-0.39, 0.29) is 17.8 Å². The molecule has 1 aliphatic heterocycles. The van der Waals surface area contributed by atoms with Gasteiger partial charge in [-0.25, -0.2) is 4.39 Å². The number of hydrogen-bond donors (Lipinski definition) is 1. The molecule has 1 N–H and O–H groups in total. The number of rotatable bonds is 8. The highest BCUT2D eigenvalue weighted by Crippen LogP contribution is 2.21. The maximum atomic E-state index is 12.9. The third-order valence-corrected chi connectivity index (χ3v) is 5.00. The first-order valence-electron chi connectivity index (χ1n) is 8.72. The molecule has 1 fully saturated rings. The summed E-state index contributed by atoms with van der Waals surface area (Å²) >= 11 is 1.53. The molecule has 0 saturated carbocycles. The Morgan fingerprint density at radius 1 is 1.27 bits per heavy atom. The number of carbonyl (C=O) groups excluding carboxylic acids is 1. The Labute approximate surface area is 157 Å². The van der Waals surface area contributed by atoms with Gasteiger partial charge in [0.1, 0.15) is 18.2 Å². The minimum atomic E-state index is -0.256. The fourth-order valence-corrected chi connectivity index (χ4v) is 3.50. The van der Waals surface area contributed by atoms with E-state index in [1.54, 1.807) is 12.1 Å². The monoisotopic (exact) mass is 375 g/mol. The Morgan fingerprint density at radius 2 is 2.12 bits per heavy atom. The van der Waals surface area contributed by atoms with Crippen LogP contribution in [0.4, 0.5) is 10.1 Å². The lowest BCUT2D eigenvalue weighted by Gasteiger charge is -2.12. The smallest absolute Gasteiger partial charge is 0.225 e. The van der Waals surface area contributed by atoms with Crippen LogP contribution in [0.25, 0.3) is 0 Å². The first kappa shape index (κ1) is 18.7. The Morgan fingerprint density at radius 3 is 2.88 bits per heavy atom. The van der Waals surface area contributed by atoms with Gasteiger partial charge in [-0.15, -0.1) is 11.8 Å². The number of nitrogens with one attached hydrogen (secondary N) is 1. The van der Waals surface area contributed by atoms with Gasteiger partial charge in [0.15, 0.2) is 0 Å². The van der Waals surface area contributed by atoms with E-state index in [9.17, 15) is 9.18 Å². The van der Waals surface area contributed by atoms with Crippen LogP contribution in [0.15, 0.2) is 53.4 Å². The molecule has 4 nitrogen and oxygen atoms in total. The summed E-state index contributed by atoms with van der Waals surface area (Å²) in [6.07, 6.45) is 2.65. The normalized spacial score (nSPS) is 16.4. The molecule has 0 spiro atoms. The van der Waals surface area contributed by atoms with E-state index in [0.717, 1.165) is 30.1 Å². The molecule has 1 atom stereocenters. The zero-order valence-corrected chi connectivity index (χ0v) is 15.3. The van der Waals surface area contributed by atoms with Gasteiger partial charge in [0.2, 0.25) is 5.91 Å². The van der Waals surface area contributed by atoms with Crippen LogP contribution in [-0.2, 0) is 9.53 Å². The van der Waals surface area contributed by atoms with Crippen LogP contribution in [-0.4, -0.2) is 31.0 Å². The summed E-state index contributed by atoms with van der Waals surface area (Å²) in [6, 6.07) is 13.7. The largest absolute Gasteiger partial charge is 0.491 e. The predicted molar refractivity (Wildman–Crippen MR) is 101 cm³/mol. The Balaban J connectivity index is 1.41. The van der Waals surface area contributed by atoms with E-state index in [4.69, 9.17) is 9.47 Å². The van der Waals surface area contributed by atoms with E-state index >= 15 is 0 Å². The fraction of sp³-hybridized carbons (Fsp3) is 0.350. The lowest BCUT2D eigenvalue weighted by atomic mass is 10.2. The maximum Gasteiger partial charge on any atom is 0.225 e. The molecule has 2 aromatic rings. The van der Waals surface area contributed by atoms with Crippen LogP contribution in [0.2, 0.25) is 0 Å². The minimum absolute atomic E-state index is 0.0594. The summed E-state index contributed by atoms with van der Waals surface area (Å²) in [5, 5.41) is 2.88. The van der Waals surface area contributed by atoms with E-state index < -0.39 is 0 Å². The standard InChI is InChI=1S/C20H22FNO3S/c21-15-6-8-19(9-7-15)26-12-10-20(23)22-16-3-1-4-17(13-16)25-14-18-5-2-11-24-18/h1,3-4,6-9,13,18H,2,5,10-12,14H2,(H,22,23). The molecule has 1 heterocycles. The molecule has 1 aliphatic rings. The lowest BCUT2D eigenvalue weighted by Crippen LogP contribution is -2.16. The molecule has 0 radical (unpaired) electrons. The van der Waals surface area contributed by atoms with E-state index in [0.29, 0.717) is 24.5 Å². The second kappa shape index (κ2) is 9.59. The summed E-state index contributed by atoms with van der Waals surface area (Å²) < 4.78 is 24.2. The van der Waals surface area contributed by atoms with Gasteiger partial charge >= 0.3 is 0 Å². The van der Waals surface area contributed by atoms with Crippen LogP contribution < -0.4 is 10.1 Å². The summed E-state index contributed by atoms with van der Waals surface area (Å²) in [7, 11) is 0. The molecule has 1 unspecified atom stereocenters. The molecule has 1 amide bonds. The summed E-state index contributed by atoms with van der Waals surface area (Å²) in [6.45, 7) is 1.34. The van der Waals surface area contributed by atoms with Gasteiger partial charge in [0.05, 0.1) is 6.10 Å². The molecule has 0 aliphatic carbocycles. The molecule has 138 valence electrons. The van der Waals surface area contributed by atoms with E-state index in [2.05, 4.69) is 5.32 Å². The molecule has 26 heavy (non-hydrogen) atoms. The highest BCUT2D eigenvalue weighted by atomic mass is 32.2. The number of hydrogen-bond acceptors (Lipinski definition) is 4. The van der Waals surface area contributed by atoms with Crippen LogP contribution in [0.5, 0.6) is 5.75 Å². The molecule has 3 rings (SSSR count). The predicted octanol–water partition coefficient (Wildman–Crippen LogP) is 4.50. The van der Waals surface area contributed by atoms with Gasteiger partial charge in [0.25, 0.3) is 0 Å². The molecular weight excluding hydrogens is 353 g/mol. The van der Waals surface area contributed by atoms with Crippen LogP contribution in [0.3, 0.4) is 0 Å². The SMILES string of the molecule is O=C(CCSc1ccc(F)cc1)Nc1cccc(OCC2CCCO2)c1. The van der Waals surface area contributed by atoms with Gasteiger partial charge < -0.3 is 14.8 Å². The zero-order chi connectivity index (χ0) is 18.2. The number of ether oxygens (including phenoxy) is 2. The maximum absolute atomic E-state index is 12.9. The summed E-state index contributed by atoms with van der Waals surface area (Å²) in [5.41, 5.74) is 0.714. The van der Waals surface area contributed by atoms with Gasteiger partial charge in [-0.05, 0) is 49.2 Å². The zero-order valence-electron chi connectivity index (χ0n) is 14.4. The number of anilines is 1. The van der Waals surface area contributed by atoms with Crippen molar-refractivity contribution in [1.29, 1.82) is 0 Å². The van der Waals surface area contributed by atoms with Crippen molar-refractivity contribution in [2.75, 3.05) is 24.3 Å². The van der Waals surface area contributed by atoms with Crippen molar-refractivity contribution in [2.24, 2.45) is 0 Å². The van der Waals surface area contributed by atoms with E-state index in [1.165, 1.54) is 23.9 Å². The van der Waals surface area contributed by atoms with Gasteiger partial charge in [0, 0.05) is 35.4 Å². The quantitative estimate of drug-likeness (QED) is 0.690. The van der Waals surface area contributed by atoms with E-state index in [1.807, 2.05) is 24.3 Å². The topological polar surface area (TPSA) is 47.6 Å². The lowest BCUT2D eigenvalue weighted by molar-refractivity contribution is -0.115. The Kier molecular flexibility index (Phi) is 6.91. The third kappa shape index (κ3) is 6.04. The Hall–Kier alpha value is -2.05. The summed E-state index contributed by atoms with van der Waals surface area (Å²) in [5.74, 6) is 1.04. The highest BCUT2D eigenvalue weighted by molar-refractivity contribution is 7.99. The fourth-order valence-electron chi connectivity index (χ4n) is 2.64. The number of carbonyl (C=O) groups is 1. The van der Waals surface area contributed by atoms with Crippen molar-refractivity contribution < 1.29 is 18.7 Å². The second-order valence-corrected chi connectivity index (χ2v) is 7.24. The number of amides is 1. The van der Waals surface area contributed by atoms with Gasteiger partial charge in [-0.2, -0.15) is 0 Å². The average molecular weight is 375 g/mol. The number of thioether (sulfide) groups is 1. The van der Waals surface area contributed by atoms with Gasteiger partial charge in [-0.1, -0.05) is 6.07 Å². The third-order valence-electron chi connectivity index (χ3n) is 3.99. The molecule has 2 aromatic carbocycles. The summed E-state index contributed by atoms with van der Waals surface area (Å²) in [4.78, 5) is 13.0. The Bertz CT molecular complexity index is 717. The van der Waals surface area contributed by atoms with Crippen LogP contribution >= 0.6 is 11.8 Å². The average Bonchev–Trinajstić information content (AvgIpc) is 3.16. The number of benzene rings is 2. The van der Waals surface area contributed by atoms with Crippen molar-refractivity contribution >= 4 is 23.4 Å². The van der Waals surface area contributed by atoms with Crippen LogP contribution in [0.1, 0.15) is 19.3 Å². The molecule has 0 aromatic heterocycles. The van der Waals surface area contributed by atoms with Crippen LogP contribution in [0, 0.1) is 5.82 Å².